The average Bonchev–Trinajstić information content (AvgIpc) is 2.67. The number of hydrogen-bond acceptors (Lipinski definition) is 4. The zero-order valence-electron chi connectivity index (χ0n) is 14.4. The van der Waals surface area contributed by atoms with Crippen LogP contribution in [0.25, 0.3) is 0 Å². The van der Waals surface area contributed by atoms with Crippen molar-refractivity contribution in [2.75, 3.05) is 11.4 Å². The fourth-order valence-corrected chi connectivity index (χ4v) is 3.16. The number of anilines is 1. The molecule has 2 heterocycles. The third-order valence-electron chi connectivity index (χ3n) is 4.62. The van der Waals surface area contributed by atoms with E-state index in [-0.39, 0.29) is 11.7 Å². The maximum absolute atomic E-state index is 12.9. The number of carbonyl (C=O) groups is 1. The van der Waals surface area contributed by atoms with E-state index in [1.165, 1.54) is 25.0 Å². The number of amides is 1. The van der Waals surface area contributed by atoms with Crippen LogP contribution in [0.2, 0.25) is 0 Å². The van der Waals surface area contributed by atoms with Crippen molar-refractivity contribution in [1.29, 1.82) is 0 Å². The van der Waals surface area contributed by atoms with Gasteiger partial charge in [-0.15, -0.1) is 0 Å². The average molecular weight is 342 g/mol. The molecule has 1 aromatic carbocycles. The van der Waals surface area contributed by atoms with Gasteiger partial charge in [0.05, 0.1) is 5.56 Å². The summed E-state index contributed by atoms with van der Waals surface area (Å²) in [6.07, 6.45) is 7.79. The van der Waals surface area contributed by atoms with E-state index in [4.69, 9.17) is 0 Å². The van der Waals surface area contributed by atoms with Gasteiger partial charge >= 0.3 is 0 Å². The maximum Gasteiger partial charge on any atom is 0.254 e. The molecule has 0 spiro atoms. The highest BCUT2D eigenvalue weighted by atomic mass is 19.1. The number of nitrogens with one attached hydrogen (secondary N) is 1. The first-order valence-corrected chi connectivity index (χ1v) is 8.78. The zero-order chi connectivity index (χ0) is 17.6. The predicted molar refractivity (Wildman–Crippen MR) is 94.9 cm³/mol. The van der Waals surface area contributed by atoms with Gasteiger partial charge in [0, 0.05) is 31.5 Å². The largest absolute Gasteiger partial charge is 0.348 e. The molecule has 3 rings (SSSR count). The molecule has 1 saturated heterocycles. The molecule has 1 amide bonds. The molecule has 132 valence electrons. The Morgan fingerprint density at radius 3 is 2.64 bits per heavy atom. The van der Waals surface area contributed by atoms with Crippen molar-refractivity contribution in [2.45, 2.75) is 45.2 Å². The van der Waals surface area contributed by atoms with Crippen molar-refractivity contribution in [2.24, 2.45) is 0 Å². The monoisotopic (exact) mass is 342 g/mol. The second kappa shape index (κ2) is 8.05. The van der Waals surface area contributed by atoms with Crippen LogP contribution in [0.4, 0.5) is 10.3 Å². The van der Waals surface area contributed by atoms with E-state index in [0.717, 1.165) is 24.9 Å². The van der Waals surface area contributed by atoms with Gasteiger partial charge in [-0.3, -0.25) is 4.79 Å². The molecule has 1 aliphatic heterocycles. The number of piperidine rings is 1. The second-order valence-electron chi connectivity index (χ2n) is 6.33. The number of hydrogen-bond donors (Lipinski definition) is 1. The third-order valence-corrected chi connectivity index (χ3v) is 4.62. The van der Waals surface area contributed by atoms with Gasteiger partial charge in [-0.2, -0.15) is 0 Å². The van der Waals surface area contributed by atoms with Crippen molar-refractivity contribution in [1.82, 2.24) is 15.3 Å². The summed E-state index contributed by atoms with van der Waals surface area (Å²) in [6.45, 7) is 3.49. The van der Waals surface area contributed by atoms with Crippen LogP contribution in [0.5, 0.6) is 0 Å². The van der Waals surface area contributed by atoms with Crippen LogP contribution in [-0.4, -0.2) is 28.5 Å². The van der Waals surface area contributed by atoms with E-state index in [1.54, 1.807) is 24.5 Å². The molecule has 1 fully saturated rings. The fraction of sp³-hybridized carbons (Fsp3) is 0.421. The molecular formula is C19H23FN4O. The summed E-state index contributed by atoms with van der Waals surface area (Å²) >= 11 is 0. The van der Waals surface area contributed by atoms with E-state index < -0.39 is 0 Å². The minimum atomic E-state index is -0.290. The number of rotatable bonds is 5. The fourth-order valence-electron chi connectivity index (χ4n) is 3.16. The first-order chi connectivity index (χ1) is 12.2. The molecule has 0 bridgehead atoms. The molecule has 6 heteroatoms. The Hall–Kier alpha value is -2.50. The molecule has 2 aromatic rings. The number of aromatic nitrogens is 2. The molecule has 1 atom stereocenters. The van der Waals surface area contributed by atoms with Gasteiger partial charge < -0.3 is 10.2 Å². The lowest BCUT2D eigenvalue weighted by atomic mass is 10.0. The number of carbonyl (C=O) groups excluding carboxylic acids is 1. The maximum atomic E-state index is 12.9. The van der Waals surface area contributed by atoms with Crippen molar-refractivity contribution in [3.05, 3.63) is 53.6 Å². The van der Waals surface area contributed by atoms with Crippen molar-refractivity contribution in [3.8, 4) is 0 Å². The van der Waals surface area contributed by atoms with Crippen LogP contribution in [0.3, 0.4) is 0 Å². The zero-order valence-corrected chi connectivity index (χ0v) is 14.4. The normalized spacial score (nSPS) is 17.4. The molecule has 0 saturated carbocycles. The topological polar surface area (TPSA) is 58.1 Å². The SMILES string of the molecule is CCC1CCCCN1c1ncc(C(=O)NCc2ccc(F)cc2)cn1. The van der Waals surface area contributed by atoms with Gasteiger partial charge in [-0.1, -0.05) is 19.1 Å². The minimum Gasteiger partial charge on any atom is -0.348 e. The third kappa shape index (κ3) is 4.32. The Bertz CT molecular complexity index is 702. The lowest BCUT2D eigenvalue weighted by Gasteiger charge is -2.35. The van der Waals surface area contributed by atoms with E-state index in [0.29, 0.717) is 24.1 Å². The minimum absolute atomic E-state index is 0.235. The Labute approximate surface area is 147 Å². The molecule has 0 aliphatic carbocycles. The highest BCUT2D eigenvalue weighted by Gasteiger charge is 2.23. The van der Waals surface area contributed by atoms with E-state index in [1.807, 2.05) is 0 Å². The number of nitrogens with zero attached hydrogens (tertiary/aromatic N) is 3. The van der Waals surface area contributed by atoms with Gasteiger partial charge in [0.15, 0.2) is 0 Å². The van der Waals surface area contributed by atoms with Crippen LogP contribution in [0.1, 0.15) is 48.5 Å². The Balaban J connectivity index is 1.61. The van der Waals surface area contributed by atoms with Gasteiger partial charge in [0.1, 0.15) is 5.82 Å². The summed E-state index contributed by atoms with van der Waals surface area (Å²) < 4.78 is 12.9. The van der Waals surface area contributed by atoms with Gasteiger partial charge in [-0.05, 0) is 43.4 Å². The highest BCUT2D eigenvalue weighted by Crippen LogP contribution is 2.23. The summed E-state index contributed by atoms with van der Waals surface area (Å²) in [5.41, 5.74) is 1.27. The van der Waals surface area contributed by atoms with Gasteiger partial charge in [0.2, 0.25) is 5.95 Å². The van der Waals surface area contributed by atoms with Crippen molar-refractivity contribution < 1.29 is 9.18 Å². The Morgan fingerprint density at radius 2 is 1.96 bits per heavy atom. The van der Waals surface area contributed by atoms with Gasteiger partial charge in [-0.25, -0.2) is 14.4 Å². The standard InChI is InChI=1S/C19H23FN4O/c1-2-17-5-3-4-10-24(17)19-22-12-15(13-23-19)18(25)21-11-14-6-8-16(20)9-7-14/h6-9,12-13,17H,2-5,10-11H2,1H3,(H,21,25). The van der Waals surface area contributed by atoms with Crippen LogP contribution >= 0.6 is 0 Å². The first-order valence-electron chi connectivity index (χ1n) is 8.78. The summed E-state index contributed by atoms with van der Waals surface area (Å²) in [5, 5.41) is 2.80. The second-order valence-corrected chi connectivity index (χ2v) is 6.33. The van der Waals surface area contributed by atoms with E-state index >= 15 is 0 Å². The Morgan fingerprint density at radius 1 is 1.24 bits per heavy atom. The number of halogens is 1. The smallest absolute Gasteiger partial charge is 0.254 e. The van der Waals surface area contributed by atoms with E-state index in [9.17, 15) is 9.18 Å². The molecule has 1 aliphatic rings. The van der Waals surface area contributed by atoms with Crippen LogP contribution in [0.15, 0.2) is 36.7 Å². The van der Waals surface area contributed by atoms with Gasteiger partial charge in [0.25, 0.3) is 5.91 Å². The molecule has 0 radical (unpaired) electrons. The quantitative estimate of drug-likeness (QED) is 0.906. The molecular weight excluding hydrogens is 319 g/mol. The first kappa shape index (κ1) is 17.3. The van der Waals surface area contributed by atoms with Crippen LogP contribution in [0, 0.1) is 5.82 Å². The van der Waals surface area contributed by atoms with Crippen LogP contribution < -0.4 is 10.2 Å². The molecule has 1 N–H and O–H groups in total. The van der Waals surface area contributed by atoms with Crippen LogP contribution in [-0.2, 0) is 6.54 Å². The van der Waals surface area contributed by atoms with Crippen molar-refractivity contribution >= 4 is 11.9 Å². The highest BCUT2D eigenvalue weighted by molar-refractivity contribution is 5.93. The summed E-state index contributed by atoms with van der Waals surface area (Å²) in [7, 11) is 0. The van der Waals surface area contributed by atoms with Crippen molar-refractivity contribution in [3.63, 3.8) is 0 Å². The molecule has 1 aromatic heterocycles. The summed E-state index contributed by atoms with van der Waals surface area (Å²) in [5.74, 6) is 0.172. The molecule has 25 heavy (non-hydrogen) atoms. The summed E-state index contributed by atoms with van der Waals surface area (Å²) in [4.78, 5) is 23.2. The lowest BCUT2D eigenvalue weighted by Crippen LogP contribution is -2.40. The summed E-state index contributed by atoms with van der Waals surface area (Å²) in [6, 6.07) is 6.53. The lowest BCUT2D eigenvalue weighted by molar-refractivity contribution is 0.0950. The van der Waals surface area contributed by atoms with E-state index in [2.05, 4.69) is 27.1 Å². The Kier molecular flexibility index (Phi) is 5.58. The number of benzene rings is 1. The molecule has 1 unspecified atom stereocenters. The predicted octanol–water partition coefficient (Wildman–Crippen LogP) is 3.31. The molecule has 5 nitrogen and oxygen atoms in total.